The van der Waals surface area contributed by atoms with Gasteiger partial charge in [-0.1, -0.05) is 148 Å². The summed E-state index contributed by atoms with van der Waals surface area (Å²) in [5.41, 5.74) is 5.34. The van der Waals surface area contributed by atoms with Crippen molar-refractivity contribution in [3.8, 4) is 0 Å². The summed E-state index contributed by atoms with van der Waals surface area (Å²) in [6.07, 6.45) is 34.0. The van der Waals surface area contributed by atoms with Crippen molar-refractivity contribution in [3.05, 3.63) is 12.2 Å². The average molecular weight is 720 g/mol. The van der Waals surface area contributed by atoms with Crippen LogP contribution in [0.2, 0.25) is 0 Å². The SMILES string of the molecule is CCCCCCCCC/C=C\CCCCCCCC(=O)OC(COCCCCCCCCCCCCC)COP(=O)(O)OCC(N)C(=O)O. The molecular weight excluding hydrogens is 645 g/mol. The molecule has 10 nitrogen and oxygen atoms in total. The van der Waals surface area contributed by atoms with Gasteiger partial charge in [-0.3, -0.25) is 18.6 Å². The number of carbonyl (C=O) groups excluding carboxylic acids is 1. The Morgan fingerprint density at radius 1 is 0.633 bits per heavy atom. The maximum atomic E-state index is 12.6. The Balaban J connectivity index is 4.27. The molecule has 0 aromatic heterocycles. The zero-order valence-corrected chi connectivity index (χ0v) is 32.2. The molecule has 0 heterocycles. The van der Waals surface area contributed by atoms with Crippen LogP contribution in [-0.4, -0.2) is 60.5 Å². The van der Waals surface area contributed by atoms with Gasteiger partial charge in [-0.25, -0.2) is 4.57 Å². The van der Waals surface area contributed by atoms with Crippen LogP contribution in [0.5, 0.6) is 0 Å². The third-order valence-electron chi connectivity index (χ3n) is 8.54. The second kappa shape index (κ2) is 35.1. The van der Waals surface area contributed by atoms with E-state index in [1.165, 1.54) is 103 Å². The van der Waals surface area contributed by atoms with Gasteiger partial charge in [0.2, 0.25) is 0 Å². The summed E-state index contributed by atoms with van der Waals surface area (Å²) in [6.45, 7) is 3.87. The first kappa shape index (κ1) is 47.7. The zero-order valence-electron chi connectivity index (χ0n) is 31.3. The number of unbranched alkanes of at least 4 members (excludes halogenated alkanes) is 22. The first-order valence-corrected chi connectivity index (χ1v) is 21.2. The predicted molar refractivity (Wildman–Crippen MR) is 199 cm³/mol. The maximum absolute atomic E-state index is 12.6. The van der Waals surface area contributed by atoms with Gasteiger partial charge >= 0.3 is 19.8 Å². The highest BCUT2D eigenvalue weighted by Crippen LogP contribution is 2.43. The quantitative estimate of drug-likeness (QED) is 0.0243. The number of rotatable bonds is 38. The van der Waals surface area contributed by atoms with E-state index in [9.17, 15) is 19.0 Å². The van der Waals surface area contributed by atoms with Gasteiger partial charge in [0.25, 0.3) is 0 Å². The minimum atomic E-state index is -4.60. The van der Waals surface area contributed by atoms with E-state index in [0.29, 0.717) is 13.0 Å². The molecule has 0 saturated carbocycles. The molecule has 11 heteroatoms. The van der Waals surface area contributed by atoms with Gasteiger partial charge in [0.1, 0.15) is 12.1 Å². The molecule has 3 atom stereocenters. The first-order valence-electron chi connectivity index (χ1n) is 19.7. The lowest BCUT2D eigenvalue weighted by molar-refractivity contribution is -0.154. The number of carboxylic acids is 1. The summed E-state index contributed by atoms with van der Waals surface area (Å²) >= 11 is 0. The number of aliphatic carboxylic acids is 1. The predicted octanol–water partition coefficient (Wildman–Crippen LogP) is 10.2. The van der Waals surface area contributed by atoms with Crippen LogP contribution < -0.4 is 5.73 Å². The van der Waals surface area contributed by atoms with E-state index in [-0.39, 0.29) is 13.0 Å². The number of carboxylic acid groups (broad SMARTS) is 1. The molecule has 0 saturated heterocycles. The number of allylic oxidation sites excluding steroid dienone is 2. The fourth-order valence-electron chi connectivity index (χ4n) is 5.42. The molecule has 0 rings (SSSR count). The number of carbonyl (C=O) groups is 2. The lowest BCUT2D eigenvalue weighted by Gasteiger charge is -2.20. The number of nitrogens with two attached hydrogens (primary N) is 1. The Morgan fingerprint density at radius 2 is 1.06 bits per heavy atom. The maximum Gasteiger partial charge on any atom is 0.472 e. The number of ether oxygens (including phenoxy) is 2. The van der Waals surface area contributed by atoms with Crippen LogP contribution in [0.25, 0.3) is 0 Å². The molecule has 0 aromatic rings. The summed E-state index contributed by atoms with van der Waals surface area (Å²) in [4.78, 5) is 33.4. The van der Waals surface area contributed by atoms with Crippen LogP contribution in [0.1, 0.15) is 181 Å². The number of phosphoric ester groups is 1. The minimum Gasteiger partial charge on any atom is -0.480 e. The molecule has 290 valence electrons. The lowest BCUT2D eigenvalue weighted by atomic mass is 10.1. The smallest absolute Gasteiger partial charge is 0.472 e. The van der Waals surface area contributed by atoms with Gasteiger partial charge in [-0.2, -0.15) is 0 Å². The third-order valence-corrected chi connectivity index (χ3v) is 9.50. The van der Waals surface area contributed by atoms with Crippen LogP contribution in [-0.2, 0) is 32.7 Å². The summed E-state index contributed by atoms with van der Waals surface area (Å²) in [5.74, 6) is -1.78. The largest absolute Gasteiger partial charge is 0.480 e. The van der Waals surface area contributed by atoms with Crippen molar-refractivity contribution in [1.82, 2.24) is 0 Å². The van der Waals surface area contributed by atoms with E-state index >= 15 is 0 Å². The van der Waals surface area contributed by atoms with E-state index in [2.05, 4.69) is 26.0 Å². The van der Waals surface area contributed by atoms with E-state index in [1.807, 2.05) is 0 Å². The van der Waals surface area contributed by atoms with Crippen LogP contribution in [0, 0.1) is 0 Å². The van der Waals surface area contributed by atoms with Gasteiger partial charge < -0.3 is 25.2 Å². The Labute approximate surface area is 299 Å². The van der Waals surface area contributed by atoms with Crippen molar-refractivity contribution in [3.63, 3.8) is 0 Å². The molecule has 0 aliphatic heterocycles. The third kappa shape index (κ3) is 34.9. The van der Waals surface area contributed by atoms with E-state index in [4.69, 9.17) is 29.4 Å². The Kier molecular flexibility index (Phi) is 34.2. The Morgan fingerprint density at radius 3 is 1.55 bits per heavy atom. The molecule has 0 fully saturated rings. The second-order valence-electron chi connectivity index (χ2n) is 13.4. The molecule has 0 spiro atoms. The van der Waals surface area contributed by atoms with Crippen molar-refractivity contribution < 1.29 is 42.7 Å². The van der Waals surface area contributed by atoms with Gasteiger partial charge in [-0.05, 0) is 38.5 Å². The van der Waals surface area contributed by atoms with E-state index in [0.717, 1.165) is 51.4 Å². The van der Waals surface area contributed by atoms with Crippen molar-refractivity contribution in [2.75, 3.05) is 26.4 Å². The molecule has 49 heavy (non-hydrogen) atoms. The Hall–Kier alpha value is -1.29. The molecule has 3 unspecified atom stereocenters. The topological polar surface area (TPSA) is 155 Å². The van der Waals surface area contributed by atoms with E-state index < -0.39 is 45.1 Å². The summed E-state index contributed by atoms with van der Waals surface area (Å²) in [5, 5.41) is 8.86. The van der Waals surface area contributed by atoms with E-state index in [1.54, 1.807) is 0 Å². The Bertz CT molecular complexity index is 842. The number of hydrogen-bond donors (Lipinski definition) is 3. The standard InChI is InChI=1S/C38H74NO9P/c1-3-5-7-9-11-13-15-16-17-18-19-20-22-24-26-28-30-37(40)48-35(33-46-49(43,44)47-34-36(39)38(41)42)32-45-31-29-27-25-23-21-14-12-10-8-6-4-2/h17-18,35-36H,3-16,19-34,39H2,1-2H3,(H,41,42)(H,43,44)/b18-17-. The van der Waals surface area contributed by atoms with Crippen LogP contribution in [0.15, 0.2) is 12.2 Å². The van der Waals surface area contributed by atoms with Gasteiger partial charge in [0.15, 0.2) is 0 Å². The van der Waals surface area contributed by atoms with Crippen LogP contribution in [0.4, 0.5) is 0 Å². The molecular formula is C38H74NO9P. The van der Waals surface area contributed by atoms with Crippen LogP contribution in [0.3, 0.4) is 0 Å². The summed E-state index contributed by atoms with van der Waals surface area (Å²) < 4.78 is 33.2. The molecule has 0 radical (unpaired) electrons. The lowest BCUT2D eigenvalue weighted by Crippen LogP contribution is -2.34. The van der Waals surface area contributed by atoms with Crippen molar-refractivity contribution in [2.24, 2.45) is 5.73 Å². The summed E-state index contributed by atoms with van der Waals surface area (Å²) in [6, 6.07) is -1.47. The highest BCUT2D eigenvalue weighted by atomic mass is 31.2. The fourth-order valence-corrected chi connectivity index (χ4v) is 6.20. The van der Waals surface area contributed by atoms with Gasteiger partial charge in [0, 0.05) is 13.0 Å². The molecule has 0 bridgehead atoms. The minimum absolute atomic E-state index is 0.0185. The highest BCUT2D eigenvalue weighted by Gasteiger charge is 2.27. The highest BCUT2D eigenvalue weighted by molar-refractivity contribution is 7.47. The number of hydrogen-bond acceptors (Lipinski definition) is 8. The van der Waals surface area contributed by atoms with Crippen molar-refractivity contribution in [1.29, 1.82) is 0 Å². The van der Waals surface area contributed by atoms with Gasteiger partial charge in [0.05, 0.1) is 19.8 Å². The monoisotopic (exact) mass is 720 g/mol. The molecule has 0 amide bonds. The number of esters is 1. The number of phosphoric acid groups is 1. The fraction of sp³-hybridized carbons (Fsp3) is 0.895. The molecule has 0 aliphatic carbocycles. The molecule has 4 N–H and O–H groups in total. The summed E-state index contributed by atoms with van der Waals surface area (Å²) in [7, 11) is -4.60. The van der Waals surface area contributed by atoms with Crippen molar-refractivity contribution in [2.45, 2.75) is 193 Å². The first-order chi connectivity index (χ1) is 23.7. The zero-order chi connectivity index (χ0) is 36.3. The molecule has 0 aliphatic rings. The van der Waals surface area contributed by atoms with Gasteiger partial charge in [-0.15, -0.1) is 0 Å². The normalized spacial score (nSPS) is 14.2. The second-order valence-corrected chi connectivity index (χ2v) is 14.9. The van der Waals surface area contributed by atoms with Crippen LogP contribution >= 0.6 is 7.82 Å². The van der Waals surface area contributed by atoms with Crippen molar-refractivity contribution >= 4 is 19.8 Å². The molecule has 0 aromatic carbocycles. The average Bonchev–Trinajstić information content (AvgIpc) is 3.07.